The number of carbonyl (C=O) groups excluding carboxylic acids is 3. The average molecular weight is 617 g/mol. The van der Waals surface area contributed by atoms with Crippen LogP contribution in [0.4, 0.5) is 0 Å². The van der Waals surface area contributed by atoms with Gasteiger partial charge in [0, 0.05) is 16.2 Å². The predicted molar refractivity (Wildman–Crippen MR) is 173 cm³/mol. The lowest BCUT2D eigenvalue weighted by atomic mass is 10.0. The van der Waals surface area contributed by atoms with Gasteiger partial charge >= 0.3 is 5.97 Å². The molecule has 3 heterocycles. The molecule has 1 saturated heterocycles. The van der Waals surface area contributed by atoms with Crippen molar-refractivity contribution in [2.45, 2.75) is 23.9 Å². The summed E-state index contributed by atoms with van der Waals surface area (Å²) in [7, 11) is 0. The maximum Gasteiger partial charge on any atom is 0.356 e. The van der Waals surface area contributed by atoms with Crippen molar-refractivity contribution in [3.63, 3.8) is 0 Å². The minimum Gasteiger partial charge on any atom is -0.448 e. The highest BCUT2D eigenvalue weighted by atomic mass is 32.2. The van der Waals surface area contributed by atoms with Crippen LogP contribution in [0, 0.1) is 11.8 Å². The fraction of sp³-hybridized carbons (Fsp3) is 0.139. The van der Waals surface area contributed by atoms with E-state index in [1.165, 1.54) is 28.0 Å². The van der Waals surface area contributed by atoms with Gasteiger partial charge in [-0.1, -0.05) is 96.8 Å². The third kappa shape index (κ3) is 6.55. The lowest BCUT2D eigenvalue weighted by Crippen LogP contribution is -2.70. The van der Waals surface area contributed by atoms with E-state index in [2.05, 4.69) is 17.2 Å². The number of carbonyl (C=O) groups is 3. The van der Waals surface area contributed by atoms with Crippen LogP contribution >= 0.6 is 23.1 Å². The number of fused-ring (bicyclic) bond motifs is 1. The van der Waals surface area contributed by atoms with Crippen molar-refractivity contribution >= 4 is 40.9 Å². The molecule has 1 fully saturated rings. The molecule has 1 N–H and O–H groups in total. The van der Waals surface area contributed by atoms with Crippen molar-refractivity contribution in [3.8, 4) is 11.8 Å². The molecule has 1 aromatic heterocycles. The zero-order valence-corrected chi connectivity index (χ0v) is 25.2. The minimum absolute atomic E-state index is 0.178. The Morgan fingerprint density at radius 3 is 2.23 bits per heavy atom. The molecule has 218 valence electrons. The molecule has 4 aromatic rings. The molecule has 2 aliphatic rings. The molecule has 44 heavy (non-hydrogen) atoms. The van der Waals surface area contributed by atoms with Gasteiger partial charge in [-0.15, -0.1) is 23.1 Å². The number of benzene rings is 3. The fourth-order valence-electron chi connectivity index (χ4n) is 5.09. The van der Waals surface area contributed by atoms with Gasteiger partial charge in [0.05, 0.1) is 6.42 Å². The van der Waals surface area contributed by atoms with E-state index in [0.29, 0.717) is 11.3 Å². The first kappa shape index (κ1) is 29.2. The van der Waals surface area contributed by atoms with E-state index in [1.54, 1.807) is 12.2 Å². The van der Waals surface area contributed by atoms with Crippen molar-refractivity contribution < 1.29 is 19.1 Å². The number of nitrogens with one attached hydrogen (secondary N) is 1. The normalized spacial score (nSPS) is 17.5. The predicted octanol–water partition coefficient (Wildman–Crippen LogP) is 5.89. The third-order valence-electron chi connectivity index (χ3n) is 7.21. The second-order valence-corrected chi connectivity index (χ2v) is 12.3. The standard InChI is InChI=1S/C36H28N2O4S2/c39-30(23-29-21-12-22-43-29)37-31-34(40)38-32(28(24-44-35(31)38)20-11-10-15-25-13-4-1-5-14-25)36(41)42-33(26-16-6-2-7-17-26)27-18-8-3-9-19-27/h1-9,11-14,16-22,31,33,35H,23-24H2,(H,37,39)/b20-11+/t31-,35-/m1/s1. The number of thioether (sulfide) groups is 1. The second-order valence-electron chi connectivity index (χ2n) is 10.2. The van der Waals surface area contributed by atoms with E-state index in [0.717, 1.165) is 21.6 Å². The topological polar surface area (TPSA) is 75.7 Å². The summed E-state index contributed by atoms with van der Waals surface area (Å²) in [6.45, 7) is 0. The quantitative estimate of drug-likeness (QED) is 0.152. The molecule has 8 heteroatoms. The number of β-lactam (4-membered cyclic amide) rings is 1. The van der Waals surface area contributed by atoms with Crippen LogP contribution in [0.15, 0.2) is 132 Å². The number of allylic oxidation sites excluding steroid dienone is 2. The Hall–Kier alpha value is -4.84. The third-order valence-corrected chi connectivity index (χ3v) is 9.39. The summed E-state index contributed by atoms with van der Waals surface area (Å²) in [5.41, 5.74) is 3.31. The number of hydrogen-bond acceptors (Lipinski definition) is 6. The molecule has 0 unspecified atom stereocenters. The molecule has 2 aliphatic heterocycles. The molecule has 6 nitrogen and oxygen atoms in total. The van der Waals surface area contributed by atoms with Gasteiger partial charge in [0.25, 0.3) is 5.91 Å². The van der Waals surface area contributed by atoms with Gasteiger partial charge in [-0.2, -0.15) is 0 Å². The molecular weight excluding hydrogens is 589 g/mol. The molecule has 0 radical (unpaired) electrons. The van der Waals surface area contributed by atoms with E-state index in [1.807, 2.05) is 109 Å². The Kier molecular flexibility index (Phi) is 9.06. The molecule has 0 bridgehead atoms. The number of esters is 1. The first-order valence-electron chi connectivity index (χ1n) is 14.1. The molecule has 2 atom stereocenters. The van der Waals surface area contributed by atoms with Gasteiger partial charge in [0.15, 0.2) is 6.10 Å². The minimum atomic E-state index is -0.724. The Morgan fingerprint density at radius 2 is 1.59 bits per heavy atom. The van der Waals surface area contributed by atoms with Crippen LogP contribution in [0.25, 0.3) is 0 Å². The summed E-state index contributed by atoms with van der Waals surface area (Å²) in [5.74, 6) is 5.38. The van der Waals surface area contributed by atoms with E-state index >= 15 is 0 Å². The number of nitrogens with zero attached hydrogens (tertiary/aromatic N) is 1. The van der Waals surface area contributed by atoms with E-state index < -0.39 is 23.5 Å². The van der Waals surface area contributed by atoms with Crippen LogP contribution in [0.2, 0.25) is 0 Å². The highest BCUT2D eigenvalue weighted by Crippen LogP contribution is 2.42. The largest absolute Gasteiger partial charge is 0.448 e. The van der Waals surface area contributed by atoms with Crippen molar-refractivity contribution in [2.24, 2.45) is 0 Å². The van der Waals surface area contributed by atoms with Gasteiger partial charge in [0.1, 0.15) is 17.1 Å². The Balaban J connectivity index is 1.29. The van der Waals surface area contributed by atoms with Crippen LogP contribution in [-0.2, 0) is 25.5 Å². The maximum absolute atomic E-state index is 14.1. The molecule has 0 saturated carbocycles. The van der Waals surface area contributed by atoms with Crippen LogP contribution in [0.5, 0.6) is 0 Å². The van der Waals surface area contributed by atoms with Crippen molar-refractivity contribution in [2.75, 3.05) is 5.75 Å². The molecule has 0 aliphatic carbocycles. The number of rotatable bonds is 8. The average Bonchev–Trinajstić information content (AvgIpc) is 3.58. The monoisotopic (exact) mass is 616 g/mol. The Labute approximate surface area is 264 Å². The second kappa shape index (κ2) is 13.6. The van der Waals surface area contributed by atoms with Gasteiger partial charge in [0.2, 0.25) is 5.91 Å². The zero-order chi connectivity index (χ0) is 30.3. The number of ether oxygens (including phenoxy) is 1. The van der Waals surface area contributed by atoms with Crippen LogP contribution < -0.4 is 5.32 Å². The summed E-state index contributed by atoms with van der Waals surface area (Å²) in [5, 5.41) is 4.37. The maximum atomic E-state index is 14.1. The van der Waals surface area contributed by atoms with Crippen molar-refractivity contribution in [1.29, 1.82) is 0 Å². The first-order chi connectivity index (χ1) is 21.6. The summed E-state index contributed by atoms with van der Waals surface area (Å²) in [6.07, 6.45) is 2.98. The van der Waals surface area contributed by atoms with Crippen LogP contribution in [-0.4, -0.2) is 39.9 Å². The molecule has 0 spiro atoms. The van der Waals surface area contributed by atoms with E-state index in [4.69, 9.17) is 4.74 Å². The lowest BCUT2D eigenvalue weighted by molar-refractivity contribution is -0.154. The zero-order valence-electron chi connectivity index (χ0n) is 23.6. The fourth-order valence-corrected chi connectivity index (χ4v) is 7.11. The van der Waals surface area contributed by atoms with Crippen LogP contribution in [0.3, 0.4) is 0 Å². The van der Waals surface area contributed by atoms with Gasteiger partial charge in [-0.25, -0.2) is 4.79 Å². The highest BCUT2D eigenvalue weighted by molar-refractivity contribution is 8.00. The van der Waals surface area contributed by atoms with Gasteiger partial charge in [-0.3, -0.25) is 14.5 Å². The van der Waals surface area contributed by atoms with E-state index in [9.17, 15) is 14.4 Å². The molecule has 3 aromatic carbocycles. The summed E-state index contributed by atoms with van der Waals surface area (Å²) >= 11 is 2.99. The number of thiophene rings is 1. The number of hydrogen-bond donors (Lipinski definition) is 1. The molecule has 2 amide bonds. The summed E-state index contributed by atoms with van der Waals surface area (Å²) in [4.78, 5) is 42.7. The van der Waals surface area contributed by atoms with Gasteiger partial charge in [-0.05, 0) is 52.4 Å². The summed E-state index contributed by atoms with van der Waals surface area (Å²) in [6, 6.07) is 31.7. The smallest absolute Gasteiger partial charge is 0.356 e. The lowest BCUT2D eigenvalue weighted by Gasteiger charge is -2.49. The SMILES string of the molecule is O=C(Cc1cccs1)N[C@@H]1C(=O)N2C(C(=O)OC(c3ccccc3)c3ccccc3)=C(/C=C/C#Cc3ccccc3)CS[C@H]12. The number of amides is 2. The van der Waals surface area contributed by atoms with Crippen molar-refractivity contribution in [3.05, 3.63) is 153 Å². The Bertz CT molecular complexity index is 1720. The van der Waals surface area contributed by atoms with Crippen LogP contribution in [0.1, 0.15) is 27.7 Å². The first-order valence-corrected chi connectivity index (χ1v) is 16.0. The highest BCUT2D eigenvalue weighted by Gasteiger charge is 2.54. The summed E-state index contributed by atoms with van der Waals surface area (Å²) < 4.78 is 6.20. The molecular formula is C36H28N2O4S2. The molecule has 6 rings (SSSR count). The van der Waals surface area contributed by atoms with Gasteiger partial charge < -0.3 is 10.1 Å². The Morgan fingerprint density at radius 1 is 0.932 bits per heavy atom. The van der Waals surface area contributed by atoms with Crippen molar-refractivity contribution in [1.82, 2.24) is 10.2 Å². The van der Waals surface area contributed by atoms with E-state index in [-0.39, 0.29) is 23.9 Å².